The fourth-order valence-electron chi connectivity index (χ4n) is 1.60. The molecular weight excluding hydrogens is 206 g/mol. The number of hydrogen-bond acceptors (Lipinski definition) is 4. The highest BCUT2D eigenvalue weighted by Crippen LogP contribution is 2.23. The molecule has 0 spiro atoms. The fourth-order valence-corrected chi connectivity index (χ4v) is 1.60. The summed E-state index contributed by atoms with van der Waals surface area (Å²) >= 11 is 0. The lowest BCUT2D eigenvalue weighted by atomic mass is 10.1. The van der Waals surface area contributed by atoms with Crippen LogP contribution in [0.1, 0.15) is 12.5 Å². The average molecular weight is 219 g/mol. The summed E-state index contributed by atoms with van der Waals surface area (Å²) in [5.41, 5.74) is 7.79. The monoisotopic (exact) mass is 219 g/mol. The molecule has 84 valence electrons. The van der Waals surface area contributed by atoms with Crippen LogP contribution in [0.5, 0.6) is 0 Å². The number of ether oxygens (including phenoxy) is 1. The van der Waals surface area contributed by atoms with Crippen molar-refractivity contribution in [3.63, 3.8) is 0 Å². The van der Waals surface area contributed by atoms with Crippen LogP contribution < -0.4 is 5.73 Å². The Morgan fingerprint density at radius 3 is 3.06 bits per heavy atom. The summed E-state index contributed by atoms with van der Waals surface area (Å²) < 4.78 is 10.2. The van der Waals surface area contributed by atoms with Gasteiger partial charge in [0.1, 0.15) is 5.58 Å². The summed E-state index contributed by atoms with van der Waals surface area (Å²) in [5.74, 6) is -0.248. The summed E-state index contributed by atoms with van der Waals surface area (Å²) in [6.07, 6.45) is 1.80. The molecule has 0 unspecified atom stereocenters. The highest BCUT2D eigenvalue weighted by Gasteiger charge is 2.10. The minimum absolute atomic E-state index is 0.227. The molecular formula is C12H13NO3. The number of carbonyl (C=O) groups excluding carboxylic acids is 1. The van der Waals surface area contributed by atoms with E-state index in [0.717, 1.165) is 10.9 Å². The fraction of sp³-hybridized carbons (Fsp3) is 0.250. The van der Waals surface area contributed by atoms with Gasteiger partial charge in [0.05, 0.1) is 19.3 Å². The summed E-state index contributed by atoms with van der Waals surface area (Å²) in [7, 11) is 0. The number of hydrogen-bond donors (Lipinski definition) is 1. The quantitative estimate of drug-likeness (QED) is 0.634. The van der Waals surface area contributed by atoms with Crippen molar-refractivity contribution in [3.05, 3.63) is 30.0 Å². The van der Waals surface area contributed by atoms with E-state index in [1.165, 1.54) is 0 Å². The van der Waals surface area contributed by atoms with E-state index in [1.807, 2.05) is 6.07 Å². The maximum absolute atomic E-state index is 11.3. The molecule has 1 aromatic carbocycles. The van der Waals surface area contributed by atoms with E-state index in [0.29, 0.717) is 17.9 Å². The van der Waals surface area contributed by atoms with Gasteiger partial charge in [-0.1, -0.05) is 0 Å². The molecule has 0 saturated carbocycles. The molecule has 2 N–H and O–H groups in total. The second kappa shape index (κ2) is 4.26. The van der Waals surface area contributed by atoms with Crippen LogP contribution >= 0.6 is 0 Å². The molecule has 0 aliphatic rings. The number of fused-ring (bicyclic) bond motifs is 1. The van der Waals surface area contributed by atoms with E-state index >= 15 is 0 Å². The number of furan rings is 1. The van der Waals surface area contributed by atoms with Gasteiger partial charge < -0.3 is 14.9 Å². The second-order valence-corrected chi connectivity index (χ2v) is 3.50. The molecule has 0 aliphatic carbocycles. The Labute approximate surface area is 93.0 Å². The molecule has 0 amide bonds. The van der Waals surface area contributed by atoms with E-state index in [-0.39, 0.29) is 12.4 Å². The lowest BCUT2D eigenvalue weighted by Crippen LogP contribution is -2.06. The highest BCUT2D eigenvalue weighted by molar-refractivity contribution is 5.87. The van der Waals surface area contributed by atoms with Gasteiger partial charge in [0.2, 0.25) is 0 Å². The van der Waals surface area contributed by atoms with Gasteiger partial charge in [-0.2, -0.15) is 0 Å². The summed E-state index contributed by atoms with van der Waals surface area (Å²) in [6.45, 7) is 2.17. The molecule has 0 radical (unpaired) electrons. The van der Waals surface area contributed by atoms with Crippen molar-refractivity contribution in [2.75, 3.05) is 12.3 Å². The molecule has 2 aromatic rings. The van der Waals surface area contributed by atoms with Crippen molar-refractivity contribution in [1.82, 2.24) is 0 Å². The molecule has 16 heavy (non-hydrogen) atoms. The highest BCUT2D eigenvalue weighted by atomic mass is 16.5. The molecule has 2 rings (SSSR count). The SMILES string of the molecule is CCOC(=O)Cc1coc2cc(N)ccc12. The predicted octanol–water partition coefficient (Wildman–Crippen LogP) is 2.12. The number of rotatable bonds is 3. The summed E-state index contributed by atoms with van der Waals surface area (Å²) in [5, 5.41) is 0.905. The van der Waals surface area contributed by atoms with Crippen LogP contribution in [0.25, 0.3) is 11.0 Å². The van der Waals surface area contributed by atoms with Crippen LogP contribution in [0.3, 0.4) is 0 Å². The number of nitrogen functional groups attached to an aromatic ring is 1. The van der Waals surface area contributed by atoms with E-state index in [1.54, 1.807) is 25.3 Å². The largest absolute Gasteiger partial charge is 0.466 e. The third-order valence-electron chi connectivity index (χ3n) is 2.32. The first-order chi connectivity index (χ1) is 7.70. The van der Waals surface area contributed by atoms with Crippen molar-refractivity contribution in [2.24, 2.45) is 0 Å². The second-order valence-electron chi connectivity index (χ2n) is 3.50. The maximum atomic E-state index is 11.3. The molecule has 1 aromatic heterocycles. The molecule has 4 nitrogen and oxygen atoms in total. The number of benzene rings is 1. The van der Waals surface area contributed by atoms with E-state index in [4.69, 9.17) is 14.9 Å². The van der Waals surface area contributed by atoms with Crippen molar-refractivity contribution in [3.8, 4) is 0 Å². The Kier molecular flexibility index (Phi) is 2.81. The first-order valence-electron chi connectivity index (χ1n) is 5.12. The Morgan fingerprint density at radius 1 is 1.50 bits per heavy atom. The summed E-state index contributed by atoms with van der Waals surface area (Å²) in [4.78, 5) is 11.3. The summed E-state index contributed by atoms with van der Waals surface area (Å²) in [6, 6.07) is 5.37. The Hall–Kier alpha value is -1.97. The first kappa shape index (κ1) is 10.5. The Bertz CT molecular complexity index is 516. The number of nitrogens with two attached hydrogens (primary N) is 1. The predicted molar refractivity (Wildman–Crippen MR) is 61.0 cm³/mol. The minimum atomic E-state index is -0.248. The van der Waals surface area contributed by atoms with E-state index in [9.17, 15) is 4.79 Å². The van der Waals surface area contributed by atoms with Crippen molar-refractivity contribution in [2.45, 2.75) is 13.3 Å². The van der Waals surface area contributed by atoms with Crippen molar-refractivity contribution < 1.29 is 13.9 Å². The van der Waals surface area contributed by atoms with Crippen LogP contribution in [0, 0.1) is 0 Å². The maximum Gasteiger partial charge on any atom is 0.310 e. The van der Waals surface area contributed by atoms with E-state index < -0.39 is 0 Å². The van der Waals surface area contributed by atoms with Gasteiger partial charge in [-0.15, -0.1) is 0 Å². The van der Waals surface area contributed by atoms with Gasteiger partial charge in [-0.05, 0) is 19.1 Å². The van der Waals surface area contributed by atoms with Gasteiger partial charge in [0, 0.05) is 22.7 Å². The average Bonchev–Trinajstić information content (AvgIpc) is 2.61. The molecule has 0 atom stereocenters. The normalized spacial score (nSPS) is 10.6. The zero-order valence-corrected chi connectivity index (χ0v) is 9.03. The van der Waals surface area contributed by atoms with Gasteiger partial charge in [0.25, 0.3) is 0 Å². The standard InChI is InChI=1S/C12H13NO3/c1-2-15-12(14)5-8-7-16-11-6-9(13)3-4-10(8)11/h3-4,6-7H,2,5,13H2,1H3. The topological polar surface area (TPSA) is 65.5 Å². The molecule has 4 heteroatoms. The lowest BCUT2D eigenvalue weighted by molar-refractivity contribution is -0.142. The van der Waals surface area contributed by atoms with Gasteiger partial charge in [0.15, 0.2) is 0 Å². The van der Waals surface area contributed by atoms with Crippen molar-refractivity contribution in [1.29, 1.82) is 0 Å². The van der Waals surface area contributed by atoms with Crippen LogP contribution in [0.15, 0.2) is 28.9 Å². The minimum Gasteiger partial charge on any atom is -0.466 e. The van der Waals surface area contributed by atoms with Gasteiger partial charge in [-0.3, -0.25) is 4.79 Å². The first-order valence-corrected chi connectivity index (χ1v) is 5.12. The van der Waals surface area contributed by atoms with Crippen LogP contribution in [-0.2, 0) is 16.0 Å². The number of anilines is 1. The zero-order valence-electron chi connectivity index (χ0n) is 9.03. The third-order valence-corrected chi connectivity index (χ3v) is 2.32. The molecule has 0 aliphatic heterocycles. The van der Waals surface area contributed by atoms with Gasteiger partial charge in [-0.25, -0.2) is 0 Å². The third kappa shape index (κ3) is 2.00. The number of esters is 1. The lowest BCUT2D eigenvalue weighted by Gasteiger charge is -1.99. The van der Waals surface area contributed by atoms with Crippen LogP contribution in [0.4, 0.5) is 5.69 Å². The smallest absolute Gasteiger partial charge is 0.310 e. The Balaban J connectivity index is 2.28. The zero-order chi connectivity index (χ0) is 11.5. The molecule has 0 saturated heterocycles. The van der Waals surface area contributed by atoms with Crippen LogP contribution in [0.2, 0.25) is 0 Å². The molecule has 0 bridgehead atoms. The van der Waals surface area contributed by atoms with Crippen LogP contribution in [-0.4, -0.2) is 12.6 Å². The van der Waals surface area contributed by atoms with E-state index in [2.05, 4.69) is 0 Å². The Morgan fingerprint density at radius 2 is 2.31 bits per heavy atom. The molecule has 1 heterocycles. The van der Waals surface area contributed by atoms with Crippen molar-refractivity contribution >= 4 is 22.6 Å². The number of carbonyl (C=O) groups is 1. The van der Waals surface area contributed by atoms with Gasteiger partial charge >= 0.3 is 5.97 Å². The molecule has 0 fully saturated rings.